The van der Waals surface area contributed by atoms with Crippen molar-refractivity contribution in [3.8, 4) is 0 Å². The Labute approximate surface area is 179 Å². The first-order chi connectivity index (χ1) is 14.3. The van der Waals surface area contributed by atoms with Crippen molar-refractivity contribution in [3.63, 3.8) is 0 Å². The molecule has 5 rings (SSSR count). The number of fused-ring (bicyclic) bond motifs is 5. The molecule has 4 aliphatic rings. The highest BCUT2D eigenvalue weighted by Gasteiger charge is 2.60. The Balaban J connectivity index is 1.49. The molecular formula is C27H33NO2. The summed E-state index contributed by atoms with van der Waals surface area (Å²) in [6.45, 7) is 4.59. The molecule has 2 N–H and O–H groups in total. The lowest BCUT2D eigenvalue weighted by Crippen LogP contribution is -2.53. The average Bonchev–Trinajstić information content (AvgIpc) is 3.03. The Morgan fingerprint density at radius 2 is 1.83 bits per heavy atom. The summed E-state index contributed by atoms with van der Waals surface area (Å²) in [5.74, 6) is 2.73. The van der Waals surface area contributed by atoms with E-state index in [0.29, 0.717) is 29.5 Å². The summed E-state index contributed by atoms with van der Waals surface area (Å²) >= 11 is 0. The topological polar surface area (TPSA) is 60.2 Å². The number of hydrogen-bond acceptors (Lipinski definition) is 3. The van der Waals surface area contributed by atoms with E-state index in [9.17, 15) is 9.59 Å². The molecule has 0 spiro atoms. The number of nitrogen functional groups attached to an aromatic ring is 1. The van der Waals surface area contributed by atoms with E-state index >= 15 is 0 Å². The molecule has 0 radical (unpaired) electrons. The second kappa shape index (κ2) is 6.93. The van der Waals surface area contributed by atoms with Gasteiger partial charge < -0.3 is 5.73 Å². The fraction of sp³-hybridized carbons (Fsp3) is 0.556. The second-order valence-electron chi connectivity index (χ2n) is 10.6. The van der Waals surface area contributed by atoms with Gasteiger partial charge in [0.15, 0.2) is 5.78 Å². The minimum atomic E-state index is -0.133. The van der Waals surface area contributed by atoms with Gasteiger partial charge in [0.05, 0.1) is 0 Å². The molecule has 4 aliphatic carbocycles. The lowest BCUT2D eigenvalue weighted by molar-refractivity contribution is -0.133. The molecule has 1 aromatic carbocycles. The van der Waals surface area contributed by atoms with Crippen molar-refractivity contribution in [2.45, 2.75) is 58.8 Å². The van der Waals surface area contributed by atoms with Crippen molar-refractivity contribution in [2.24, 2.45) is 34.5 Å². The molecule has 0 aliphatic heterocycles. The molecule has 0 amide bonds. The number of ketones is 2. The van der Waals surface area contributed by atoms with Gasteiger partial charge in [0.25, 0.3) is 0 Å². The molecule has 30 heavy (non-hydrogen) atoms. The molecule has 0 bridgehead atoms. The molecule has 158 valence electrons. The van der Waals surface area contributed by atoms with Crippen LogP contribution in [0.3, 0.4) is 0 Å². The summed E-state index contributed by atoms with van der Waals surface area (Å²) in [6.07, 6.45) is 12.9. The number of nitrogens with two attached hydrogens (primary N) is 1. The van der Waals surface area contributed by atoms with Crippen LogP contribution in [0.4, 0.5) is 5.69 Å². The van der Waals surface area contributed by atoms with Gasteiger partial charge in [0.2, 0.25) is 0 Å². The highest BCUT2D eigenvalue weighted by atomic mass is 16.1. The van der Waals surface area contributed by atoms with E-state index in [1.54, 1.807) is 6.08 Å². The zero-order valence-corrected chi connectivity index (χ0v) is 18.2. The molecule has 0 saturated heterocycles. The van der Waals surface area contributed by atoms with E-state index in [0.717, 1.165) is 50.6 Å². The fourth-order valence-electron chi connectivity index (χ4n) is 7.45. The number of aryl methyl sites for hydroxylation is 1. The molecule has 3 fully saturated rings. The summed E-state index contributed by atoms with van der Waals surface area (Å²) in [4.78, 5) is 25.0. The van der Waals surface area contributed by atoms with Crippen molar-refractivity contribution in [1.82, 2.24) is 0 Å². The summed E-state index contributed by atoms with van der Waals surface area (Å²) in [5.41, 5.74) is 9.16. The molecule has 0 heterocycles. The maximum absolute atomic E-state index is 12.8. The summed E-state index contributed by atoms with van der Waals surface area (Å²) in [7, 11) is 0. The minimum Gasteiger partial charge on any atom is -0.399 e. The largest absolute Gasteiger partial charge is 0.399 e. The summed E-state index contributed by atoms with van der Waals surface area (Å²) in [5, 5.41) is 0. The van der Waals surface area contributed by atoms with Gasteiger partial charge in [-0.05, 0) is 92.0 Å². The fourth-order valence-corrected chi connectivity index (χ4v) is 7.45. The quantitative estimate of drug-likeness (QED) is 0.696. The maximum Gasteiger partial charge on any atom is 0.178 e. The number of hydrogen-bond donors (Lipinski definition) is 1. The SMILES string of the molecule is C[C@]12C=CC(=O)C=C1C[C@@H](CCc1ccc(N)cc1)[C@@H]1[C@@H]2CC[C@]2(C)C(=O)CC[C@@H]12. The zero-order chi connectivity index (χ0) is 21.1. The highest BCUT2D eigenvalue weighted by molar-refractivity contribution is 6.01. The molecule has 3 heteroatoms. The molecular weight excluding hydrogens is 370 g/mol. The predicted molar refractivity (Wildman–Crippen MR) is 120 cm³/mol. The first-order valence-corrected chi connectivity index (χ1v) is 11.6. The number of allylic oxidation sites excluding steroid dienone is 4. The van der Waals surface area contributed by atoms with Gasteiger partial charge in [-0.2, -0.15) is 0 Å². The van der Waals surface area contributed by atoms with Gasteiger partial charge >= 0.3 is 0 Å². The van der Waals surface area contributed by atoms with Gasteiger partial charge in [-0.1, -0.05) is 37.6 Å². The number of rotatable bonds is 3. The van der Waals surface area contributed by atoms with E-state index in [1.165, 1.54) is 11.1 Å². The van der Waals surface area contributed by atoms with Crippen LogP contribution >= 0.6 is 0 Å². The van der Waals surface area contributed by atoms with Crippen molar-refractivity contribution >= 4 is 17.3 Å². The van der Waals surface area contributed by atoms with Crippen LogP contribution in [0.25, 0.3) is 0 Å². The number of carbonyl (C=O) groups is 2. The molecule has 0 aromatic heterocycles. The first-order valence-electron chi connectivity index (χ1n) is 11.6. The lowest BCUT2D eigenvalue weighted by atomic mass is 9.45. The van der Waals surface area contributed by atoms with Crippen molar-refractivity contribution in [1.29, 1.82) is 0 Å². The Kier molecular flexibility index (Phi) is 4.57. The van der Waals surface area contributed by atoms with Crippen LogP contribution in [0.2, 0.25) is 0 Å². The van der Waals surface area contributed by atoms with Gasteiger partial charge in [-0.15, -0.1) is 0 Å². The van der Waals surface area contributed by atoms with Crippen LogP contribution in [0.15, 0.2) is 48.1 Å². The van der Waals surface area contributed by atoms with E-state index in [-0.39, 0.29) is 16.6 Å². The van der Waals surface area contributed by atoms with E-state index in [1.807, 2.05) is 18.2 Å². The van der Waals surface area contributed by atoms with Gasteiger partial charge in [0, 0.05) is 22.9 Å². The lowest BCUT2D eigenvalue weighted by Gasteiger charge is -2.58. The van der Waals surface area contributed by atoms with Crippen LogP contribution in [0, 0.1) is 34.5 Å². The number of benzene rings is 1. The Hall–Kier alpha value is -2.16. The van der Waals surface area contributed by atoms with E-state index < -0.39 is 0 Å². The van der Waals surface area contributed by atoms with Gasteiger partial charge in [-0.3, -0.25) is 9.59 Å². The smallest absolute Gasteiger partial charge is 0.178 e. The normalized spacial score (nSPS) is 39.9. The standard InChI is InChI=1S/C27H33NO2/c1-26-13-11-21(29)16-19(26)15-18(6-3-17-4-7-20(28)8-5-17)25-22-9-10-24(30)27(22,2)14-12-23(25)26/h4-5,7-8,11,13,16,18,22-23,25H,3,6,9-10,12,14-15,28H2,1-2H3/t18-,22+,23+,25+,26+,27+/m1/s1. The monoisotopic (exact) mass is 403 g/mol. The molecule has 0 unspecified atom stereocenters. The second-order valence-corrected chi connectivity index (χ2v) is 10.6. The third-order valence-corrected chi connectivity index (χ3v) is 9.22. The van der Waals surface area contributed by atoms with Crippen LogP contribution in [0.1, 0.15) is 57.9 Å². The molecule has 6 atom stereocenters. The Morgan fingerprint density at radius 3 is 2.60 bits per heavy atom. The summed E-state index contributed by atoms with van der Waals surface area (Å²) < 4.78 is 0. The van der Waals surface area contributed by atoms with Crippen LogP contribution in [-0.2, 0) is 16.0 Å². The maximum atomic E-state index is 12.8. The van der Waals surface area contributed by atoms with Gasteiger partial charge in [0.1, 0.15) is 5.78 Å². The van der Waals surface area contributed by atoms with E-state index in [4.69, 9.17) is 5.73 Å². The third-order valence-electron chi connectivity index (χ3n) is 9.22. The summed E-state index contributed by atoms with van der Waals surface area (Å²) in [6, 6.07) is 8.24. The average molecular weight is 404 g/mol. The number of carbonyl (C=O) groups excluding carboxylic acids is 2. The molecule has 1 aromatic rings. The zero-order valence-electron chi connectivity index (χ0n) is 18.2. The van der Waals surface area contributed by atoms with E-state index in [2.05, 4.69) is 32.1 Å². The number of Topliss-reactive ketones (excluding diaryl/α,β-unsaturated/α-hetero) is 1. The molecule has 3 saturated carbocycles. The van der Waals surface area contributed by atoms with Crippen LogP contribution in [-0.4, -0.2) is 11.6 Å². The third kappa shape index (κ3) is 2.92. The minimum absolute atomic E-state index is 0.0246. The van der Waals surface area contributed by atoms with Gasteiger partial charge in [-0.25, -0.2) is 0 Å². The highest BCUT2D eigenvalue weighted by Crippen LogP contribution is 2.65. The van der Waals surface area contributed by atoms with Crippen LogP contribution < -0.4 is 5.73 Å². The van der Waals surface area contributed by atoms with Crippen molar-refractivity contribution in [3.05, 3.63) is 53.6 Å². The first kappa shape index (κ1) is 19.8. The Bertz CT molecular complexity index is 942. The number of anilines is 1. The molecule has 3 nitrogen and oxygen atoms in total. The van der Waals surface area contributed by atoms with Crippen LogP contribution in [0.5, 0.6) is 0 Å². The predicted octanol–water partition coefficient (Wildman–Crippen LogP) is 5.30. The van der Waals surface area contributed by atoms with Crippen molar-refractivity contribution in [2.75, 3.05) is 5.73 Å². The Morgan fingerprint density at radius 1 is 1.07 bits per heavy atom. The van der Waals surface area contributed by atoms with Crippen molar-refractivity contribution < 1.29 is 9.59 Å².